The summed E-state index contributed by atoms with van der Waals surface area (Å²) >= 11 is 3.34. The molecule has 132 valence electrons. The van der Waals surface area contributed by atoms with Crippen molar-refractivity contribution in [3.63, 3.8) is 0 Å². The van der Waals surface area contributed by atoms with Crippen molar-refractivity contribution in [3.05, 3.63) is 64.1 Å². The Morgan fingerprint density at radius 2 is 1.72 bits per heavy atom. The van der Waals surface area contributed by atoms with Crippen LogP contribution in [0.4, 0.5) is 0 Å². The summed E-state index contributed by atoms with van der Waals surface area (Å²) < 4.78 is 28.1. The molecule has 1 fully saturated rings. The number of nitrogens with zero attached hydrogens (tertiary/aromatic N) is 1. The number of Topliss-reactive ketones (excluding diaryl/α,β-unsaturated/α-hetero) is 1. The largest absolute Gasteiger partial charge is 0.294 e. The molecule has 1 saturated heterocycles. The predicted molar refractivity (Wildman–Crippen MR) is 101 cm³/mol. The first-order chi connectivity index (χ1) is 11.9. The zero-order valence-electron chi connectivity index (χ0n) is 14.0. The minimum Gasteiger partial charge on any atom is -0.294 e. The summed E-state index contributed by atoms with van der Waals surface area (Å²) in [6.45, 7) is 2.54. The molecule has 3 rings (SSSR count). The van der Waals surface area contributed by atoms with E-state index in [4.69, 9.17) is 0 Å². The fourth-order valence-corrected chi connectivity index (χ4v) is 5.42. The van der Waals surface area contributed by atoms with E-state index in [1.807, 2.05) is 36.4 Å². The number of halogens is 1. The van der Waals surface area contributed by atoms with Crippen LogP contribution in [-0.2, 0) is 10.0 Å². The Kier molecular flexibility index (Phi) is 5.41. The third-order valence-corrected chi connectivity index (χ3v) is 7.18. The van der Waals surface area contributed by atoms with Crippen LogP contribution in [0.15, 0.2) is 57.9 Å². The normalized spacial score (nSPS) is 16.7. The fraction of sp³-hybridized carbons (Fsp3) is 0.316. The van der Waals surface area contributed by atoms with E-state index >= 15 is 0 Å². The third-order valence-electron chi connectivity index (χ3n) is 4.65. The van der Waals surface area contributed by atoms with E-state index in [2.05, 4.69) is 15.9 Å². The Morgan fingerprint density at radius 1 is 1.08 bits per heavy atom. The van der Waals surface area contributed by atoms with Gasteiger partial charge in [0.05, 0.1) is 4.90 Å². The number of hydrogen-bond acceptors (Lipinski definition) is 3. The number of piperidine rings is 1. The van der Waals surface area contributed by atoms with Gasteiger partial charge in [-0.15, -0.1) is 0 Å². The number of sulfonamides is 1. The molecule has 2 aromatic rings. The minimum atomic E-state index is -3.54. The van der Waals surface area contributed by atoms with Crippen LogP contribution >= 0.6 is 15.9 Å². The van der Waals surface area contributed by atoms with Crippen LogP contribution in [0, 0.1) is 12.8 Å². The molecular weight excluding hydrogens is 402 g/mol. The van der Waals surface area contributed by atoms with Crippen LogP contribution < -0.4 is 0 Å². The van der Waals surface area contributed by atoms with Crippen molar-refractivity contribution in [3.8, 4) is 0 Å². The van der Waals surface area contributed by atoms with Gasteiger partial charge in [0.15, 0.2) is 5.78 Å². The maximum Gasteiger partial charge on any atom is 0.243 e. The SMILES string of the molecule is Cc1ccc(Br)cc1S(=O)(=O)N1CCC(C(=O)c2ccccc2)CC1. The standard InChI is InChI=1S/C19H20BrNO3S/c1-14-7-8-17(20)13-18(14)25(23,24)21-11-9-16(10-12-21)19(22)15-5-3-2-4-6-15/h2-8,13,16H,9-12H2,1H3. The number of hydrogen-bond donors (Lipinski definition) is 0. The smallest absolute Gasteiger partial charge is 0.243 e. The van der Waals surface area contributed by atoms with E-state index in [1.165, 1.54) is 4.31 Å². The molecule has 4 nitrogen and oxygen atoms in total. The van der Waals surface area contributed by atoms with Gasteiger partial charge in [0.1, 0.15) is 0 Å². The number of benzene rings is 2. The van der Waals surface area contributed by atoms with Gasteiger partial charge in [-0.25, -0.2) is 8.42 Å². The number of carbonyl (C=O) groups is 1. The highest BCUT2D eigenvalue weighted by atomic mass is 79.9. The van der Waals surface area contributed by atoms with Gasteiger partial charge in [0, 0.05) is 29.0 Å². The van der Waals surface area contributed by atoms with Gasteiger partial charge in [0.25, 0.3) is 0 Å². The Morgan fingerprint density at radius 3 is 2.36 bits per heavy atom. The Labute approximate surface area is 157 Å². The number of rotatable bonds is 4. The highest BCUT2D eigenvalue weighted by Gasteiger charge is 2.33. The van der Waals surface area contributed by atoms with E-state index in [1.54, 1.807) is 19.1 Å². The first kappa shape index (κ1) is 18.3. The second-order valence-corrected chi connectivity index (χ2v) is 9.14. The molecule has 0 atom stereocenters. The lowest BCUT2D eigenvalue weighted by Crippen LogP contribution is -2.40. The minimum absolute atomic E-state index is 0.108. The van der Waals surface area contributed by atoms with Gasteiger partial charge < -0.3 is 0 Å². The lowest BCUT2D eigenvalue weighted by atomic mass is 9.90. The highest BCUT2D eigenvalue weighted by molar-refractivity contribution is 9.10. The summed E-state index contributed by atoms with van der Waals surface area (Å²) in [7, 11) is -3.54. The van der Waals surface area contributed by atoms with Crippen LogP contribution in [0.5, 0.6) is 0 Å². The number of aryl methyl sites for hydroxylation is 1. The Bertz CT molecular complexity index is 873. The van der Waals surface area contributed by atoms with Crippen molar-refractivity contribution in [1.29, 1.82) is 0 Å². The number of ketones is 1. The van der Waals surface area contributed by atoms with Crippen LogP contribution in [0.1, 0.15) is 28.8 Å². The van der Waals surface area contributed by atoms with Crippen LogP contribution in [0.2, 0.25) is 0 Å². The highest BCUT2D eigenvalue weighted by Crippen LogP contribution is 2.29. The molecule has 0 N–H and O–H groups in total. The molecule has 1 aliphatic heterocycles. The van der Waals surface area contributed by atoms with Gasteiger partial charge in [-0.05, 0) is 37.5 Å². The van der Waals surface area contributed by atoms with E-state index in [9.17, 15) is 13.2 Å². The molecule has 0 spiro atoms. The summed E-state index contributed by atoms with van der Waals surface area (Å²) in [5, 5.41) is 0. The lowest BCUT2D eigenvalue weighted by molar-refractivity contribution is 0.0875. The molecule has 6 heteroatoms. The number of carbonyl (C=O) groups excluding carboxylic acids is 1. The topological polar surface area (TPSA) is 54.5 Å². The maximum atomic E-state index is 12.9. The second-order valence-electron chi connectivity index (χ2n) is 6.32. The van der Waals surface area contributed by atoms with Gasteiger partial charge in [-0.2, -0.15) is 4.31 Å². The molecule has 0 aliphatic carbocycles. The molecule has 25 heavy (non-hydrogen) atoms. The molecule has 0 bridgehead atoms. The molecule has 1 heterocycles. The summed E-state index contributed by atoms with van der Waals surface area (Å²) in [5.74, 6) is -0.00580. The summed E-state index contributed by atoms with van der Waals surface area (Å²) in [6, 6.07) is 14.5. The first-order valence-corrected chi connectivity index (χ1v) is 10.5. The van der Waals surface area contributed by atoms with Gasteiger partial charge in [-0.1, -0.05) is 52.3 Å². The molecular formula is C19H20BrNO3S. The van der Waals surface area contributed by atoms with Crippen molar-refractivity contribution in [2.75, 3.05) is 13.1 Å². The first-order valence-electron chi connectivity index (χ1n) is 8.25. The Balaban J connectivity index is 1.73. The Hall–Kier alpha value is -1.50. The molecule has 0 radical (unpaired) electrons. The quantitative estimate of drug-likeness (QED) is 0.699. The zero-order chi connectivity index (χ0) is 18.0. The van der Waals surface area contributed by atoms with Crippen molar-refractivity contribution >= 4 is 31.7 Å². The molecule has 0 amide bonds. The van der Waals surface area contributed by atoms with Crippen LogP contribution in [-0.4, -0.2) is 31.6 Å². The monoisotopic (exact) mass is 421 g/mol. The van der Waals surface area contributed by atoms with Crippen LogP contribution in [0.25, 0.3) is 0 Å². The van der Waals surface area contributed by atoms with Crippen molar-refractivity contribution in [2.24, 2.45) is 5.92 Å². The summed E-state index contributed by atoms with van der Waals surface area (Å²) in [6.07, 6.45) is 1.11. The summed E-state index contributed by atoms with van der Waals surface area (Å²) in [5.41, 5.74) is 1.43. The molecule has 2 aromatic carbocycles. The van der Waals surface area contributed by atoms with Crippen molar-refractivity contribution in [1.82, 2.24) is 4.31 Å². The molecule has 1 aliphatic rings. The fourth-order valence-electron chi connectivity index (χ4n) is 3.19. The molecule has 0 unspecified atom stereocenters. The average Bonchev–Trinajstić information content (AvgIpc) is 2.64. The maximum absolute atomic E-state index is 12.9. The van der Waals surface area contributed by atoms with E-state index in [-0.39, 0.29) is 11.7 Å². The molecule has 0 aromatic heterocycles. The average molecular weight is 422 g/mol. The van der Waals surface area contributed by atoms with Crippen LogP contribution in [0.3, 0.4) is 0 Å². The third kappa shape index (κ3) is 3.86. The van der Waals surface area contributed by atoms with Gasteiger partial charge in [0.2, 0.25) is 10.0 Å². The lowest BCUT2D eigenvalue weighted by Gasteiger charge is -2.31. The van der Waals surface area contributed by atoms with Crippen molar-refractivity contribution in [2.45, 2.75) is 24.7 Å². The van der Waals surface area contributed by atoms with E-state index in [0.29, 0.717) is 36.4 Å². The summed E-state index contributed by atoms with van der Waals surface area (Å²) in [4.78, 5) is 12.9. The predicted octanol–water partition coefficient (Wildman–Crippen LogP) is 4.04. The molecule has 0 saturated carbocycles. The van der Waals surface area contributed by atoms with Gasteiger partial charge in [-0.3, -0.25) is 4.79 Å². The zero-order valence-corrected chi connectivity index (χ0v) is 16.4. The van der Waals surface area contributed by atoms with Gasteiger partial charge >= 0.3 is 0 Å². The van der Waals surface area contributed by atoms with E-state index < -0.39 is 10.0 Å². The second kappa shape index (κ2) is 7.40. The van der Waals surface area contributed by atoms with Crippen molar-refractivity contribution < 1.29 is 13.2 Å². The van der Waals surface area contributed by atoms with E-state index in [0.717, 1.165) is 10.0 Å².